The van der Waals surface area contributed by atoms with Gasteiger partial charge in [0.2, 0.25) is 0 Å². The largest absolute Gasteiger partial charge is 0.496 e. The molecule has 0 aliphatic rings. The van der Waals surface area contributed by atoms with E-state index in [2.05, 4.69) is 90.8 Å². The number of halogens is 3. The molecule has 0 aromatic heterocycles. The van der Waals surface area contributed by atoms with E-state index in [0.29, 0.717) is 0 Å². The highest BCUT2D eigenvalue weighted by molar-refractivity contribution is 14.1. The lowest BCUT2D eigenvalue weighted by Gasteiger charge is -2.14. The lowest BCUT2D eigenvalue weighted by molar-refractivity contribution is 0.412. The summed E-state index contributed by atoms with van der Waals surface area (Å²) in [5.41, 5.74) is 2.47. The lowest BCUT2D eigenvalue weighted by Crippen LogP contribution is -1.96. The second-order valence-electron chi connectivity index (χ2n) is 3.78. The summed E-state index contributed by atoms with van der Waals surface area (Å²) in [7, 11) is 1.67. The average Bonchev–Trinajstić information content (AvgIpc) is 2.38. The average molecular weight is 482 g/mol. The number of alkyl halides is 1. The molecular weight excluding hydrogens is 471 g/mol. The maximum Gasteiger partial charge on any atom is 0.133 e. The van der Waals surface area contributed by atoms with Crippen molar-refractivity contribution in [3.8, 4) is 5.75 Å². The minimum Gasteiger partial charge on any atom is -0.496 e. The van der Waals surface area contributed by atoms with Crippen LogP contribution in [-0.4, -0.2) is 7.11 Å². The molecular formula is C14H11Br2IO. The van der Waals surface area contributed by atoms with Crippen molar-refractivity contribution in [1.82, 2.24) is 0 Å². The third-order valence-electron chi connectivity index (χ3n) is 2.65. The van der Waals surface area contributed by atoms with Crippen molar-refractivity contribution in [1.29, 1.82) is 0 Å². The number of benzene rings is 2. The predicted molar refractivity (Wildman–Crippen MR) is 90.6 cm³/mol. The van der Waals surface area contributed by atoms with Crippen molar-refractivity contribution in [2.24, 2.45) is 0 Å². The van der Waals surface area contributed by atoms with Gasteiger partial charge in [0.25, 0.3) is 0 Å². The second-order valence-corrected chi connectivity index (χ2v) is 6.71. The van der Waals surface area contributed by atoms with E-state index in [4.69, 9.17) is 4.74 Å². The van der Waals surface area contributed by atoms with Gasteiger partial charge in [0.05, 0.1) is 16.4 Å². The first kappa shape index (κ1) is 14.3. The highest BCUT2D eigenvalue weighted by Crippen LogP contribution is 2.36. The zero-order valence-electron chi connectivity index (χ0n) is 9.66. The zero-order valence-corrected chi connectivity index (χ0v) is 15.0. The van der Waals surface area contributed by atoms with Crippen LogP contribution in [0.15, 0.2) is 46.9 Å². The Morgan fingerprint density at radius 2 is 1.89 bits per heavy atom. The maximum atomic E-state index is 5.25. The molecule has 2 aromatic carbocycles. The monoisotopic (exact) mass is 480 g/mol. The van der Waals surface area contributed by atoms with Gasteiger partial charge >= 0.3 is 0 Å². The number of hydrogen-bond acceptors (Lipinski definition) is 1. The molecule has 0 aliphatic heterocycles. The Morgan fingerprint density at radius 1 is 1.17 bits per heavy atom. The number of ether oxygens (including phenoxy) is 1. The minimum absolute atomic E-state index is 0.188. The van der Waals surface area contributed by atoms with Crippen LogP contribution in [0.4, 0.5) is 0 Å². The normalized spacial score (nSPS) is 12.2. The highest BCUT2D eigenvalue weighted by Gasteiger charge is 2.14. The van der Waals surface area contributed by atoms with Gasteiger partial charge in [-0.15, -0.1) is 0 Å². The third-order valence-corrected chi connectivity index (χ3v) is 5.27. The summed E-state index contributed by atoms with van der Waals surface area (Å²) in [5, 5.41) is 0. The topological polar surface area (TPSA) is 9.23 Å². The maximum absolute atomic E-state index is 5.25. The van der Waals surface area contributed by atoms with Gasteiger partial charge < -0.3 is 4.74 Å². The van der Waals surface area contributed by atoms with Crippen LogP contribution in [0.1, 0.15) is 16.0 Å². The van der Waals surface area contributed by atoms with Crippen molar-refractivity contribution in [2.45, 2.75) is 4.83 Å². The fourth-order valence-electron chi connectivity index (χ4n) is 1.70. The van der Waals surface area contributed by atoms with Crippen LogP contribution in [0.25, 0.3) is 0 Å². The standard InChI is InChI=1S/C14H11Br2IO/c1-18-13-7-6-9(8-11(13)15)14(16)10-4-2-3-5-12(10)17/h2-8,14H,1H3. The molecule has 0 bridgehead atoms. The molecule has 0 saturated heterocycles. The van der Waals surface area contributed by atoms with E-state index in [0.717, 1.165) is 10.2 Å². The predicted octanol–water partition coefficient (Wildman–Crippen LogP) is 5.55. The van der Waals surface area contributed by atoms with Gasteiger partial charge in [0, 0.05) is 3.57 Å². The fraction of sp³-hybridized carbons (Fsp3) is 0.143. The first-order valence-corrected chi connectivity index (χ1v) is 8.14. The summed E-state index contributed by atoms with van der Waals surface area (Å²) in [4.78, 5) is 0.188. The Kier molecular flexibility index (Phi) is 5.09. The van der Waals surface area contributed by atoms with E-state index in [1.807, 2.05) is 6.07 Å². The van der Waals surface area contributed by atoms with E-state index in [1.54, 1.807) is 7.11 Å². The van der Waals surface area contributed by atoms with Crippen LogP contribution in [0.3, 0.4) is 0 Å². The van der Waals surface area contributed by atoms with Crippen LogP contribution in [-0.2, 0) is 0 Å². The molecule has 0 fully saturated rings. The second kappa shape index (κ2) is 6.39. The van der Waals surface area contributed by atoms with Crippen molar-refractivity contribution in [3.63, 3.8) is 0 Å². The zero-order chi connectivity index (χ0) is 13.1. The Hall–Kier alpha value is -0.0700. The van der Waals surface area contributed by atoms with Crippen molar-refractivity contribution in [3.05, 3.63) is 61.6 Å². The van der Waals surface area contributed by atoms with Crippen LogP contribution in [0, 0.1) is 3.57 Å². The molecule has 2 aromatic rings. The van der Waals surface area contributed by atoms with Crippen molar-refractivity contribution >= 4 is 54.5 Å². The van der Waals surface area contributed by atoms with Gasteiger partial charge in [0.15, 0.2) is 0 Å². The first-order chi connectivity index (χ1) is 8.63. The molecule has 94 valence electrons. The Balaban J connectivity index is 2.37. The molecule has 0 aliphatic carbocycles. The number of hydrogen-bond donors (Lipinski definition) is 0. The van der Waals surface area contributed by atoms with E-state index in [1.165, 1.54) is 14.7 Å². The summed E-state index contributed by atoms with van der Waals surface area (Å²) in [6.45, 7) is 0. The Bertz CT molecular complexity index is 557. The number of rotatable bonds is 3. The number of methoxy groups -OCH3 is 1. The summed E-state index contributed by atoms with van der Waals surface area (Å²) in [5.74, 6) is 0.848. The summed E-state index contributed by atoms with van der Waals surface area (Å²) in [6, 6.07) is 14.5. The lowest BCUT2D eigenvalue weighted by atomic mass is 10.0. The van der Waals surface area contributed by atoms with Crippen LogP contribution < -0.4 is 4.74 Å². The molecule has 0 amide bonds. The molecule has 1 atom stereocenters. The van der Waals surface area contributed by atoms with E-state index < -0.39 is 0 Å². The quantitative estimate of drug-likeness (QED) is 0.413. The highest BCUT2D eigenvalue weighted by atomic mass is 127. The summed E-state index contributed by atoms with van der Waals surface area (Å²) >= 11 is 9.64. The van der Waals surface area contributed by atoms with E-state index >= 15 is 0 Å². The Labute approximate surface area is 137 Å². The molecule has 18 heavy (non-hydrogen) atoms. The summed E-state index contributed by atoms with van der Waals surface area (Å²) in [6.07, 6.45) is 0. The van der Waals surface area contributed by atoms with Gasteiger partial charge in [-0.2, -0.15) is 0 Å². The van der Waals surface area contributed by atoms with Crippen molar-refractivity contribution < 1.29 is 4.74 Å². The van der Waals surface area contributed by atoms with Gasteiger partial charge in [0.1, 0.15) is 5.75 Å². The smallest absolute Gasteiger partial charge is 0.133 e. The van der Waals surface area contributed by atoms with Crippen LogP contribution in [0.2, 0.25) is 0 Å². The SMILES string of the molecule is COc1ccc(C(Br)c2ccccc2I)cc1Br. The molecule has 2 rings (SSSR count). The molecule has 0 radical (unpaired) electrons. The van der Waals surface area contributed by atoms with Gasteiger partial charge in [-0.25, -0.2) is 0 Å². The molecule has 1 nitrogen and oxygen atoms in total. The third kappa shape index (κ3) is 3.08. The van der Waals surface area contributed by atoms with E-state index in [9.17, 15) is 0 Å². The molecule has 0 N–H and O–H groups in total. The molecule has 1 unspecified atom stereocenters. The van der Waals surface area contributed by atoms with Crippen LogP contribution in [0.5, 0.6) is 5.75 Å². The van der Waals surface area contributed by atoms with Crippen LogP contribution >= 0.6 is 54.5 Å². The fourth-order valence-corrected chi connectivity index (χ4v) is 4.07. The van der Waals surface area contributed by atoms with Gasteiger partial charge in [-0.1, -0.05) is 40.2 Å². The molecule has 0 spiro atoms. The molecule has 0 heterocycles. The van der Waals surface area contributed by atoms with E-state index in [-0.39, 0.29) is 4.83 Å². The molecule has 0 saturated carbocycles. The minimum atomic E-state index is 0.188. The summed E-state index contributed by atoms with van der Waals surface area (Å²) < 4.78 is 7.47. The molecule has 4 heteroatoms. The van der Waals surface area contributed by atoms with Gasteiger partial charge in [-0.3, -0.25) is 0 Å². The van der Waals surface area contributed by atoms with Crippen molar-refractivity contribution in [2.75, 3.05) is 7.11 Å². The van der Waals surface area contributed by atoms with Gasteiger partial charge in [-0.05, 0) is 67.8 Å². The first-order valence-electron chi connectivity index (χ1n) is 5.35. The Morgan fingerprint density at radius 3 is 2.50 bits per heavy atom.